The number of ether oxygens (including phenoxy) is 1. The van der Waals surface area contributed by atoms with Gasteiger partial charge in [0.05, 0.1) is 19.2 Å². The number of nitrogens with zero attached hydrogens (tertiary/aromatic N) is 3. The Labute approximate surface area is 159 Å². The summed E-state index contributed by atoms with van der Waals surface area (Å²) >= 11 is 7.40. The maximum absolute atomic E-state index is 13.9. The number of thioether (sulfide) groups is 1. The van der Waals surface area contributed by atoms with E-state index in [9.17, 15) is 4.39 Å². The second-order valence-electron chi connectivity index (χ2n) is 5.67. The minimum Gasteiger partial charge on any atom is -0.496 e. The third-order valence-corrected chi connectivity index (χ3v) is 5.10. The fraction of sp³-hybridized carbons (Fsp3) is 0.278. The van der Waals surface area contributed by atoms with Crippen LogP contribution in [0.2, 0.25) is 5.02 Å². The van der Waals surface area contributed by atoms with Crippen LogP contribution in [0.15, 0.2) is 34.0 Å². The molecule has 26 heavy (non-hydrogen) atoms. The van der Waals surface area contributed by atoms with Crippen molar-refractivity contribution in [3.05, 3.63) is 63.5 Å². The van der Waals surface area contributed by atoms with E-state index in [1.54, 1.807) is 25.4 Å². The zero-order valence-corrected chi connectivity index (χ0v) is 16.1. The van der Waals surface area contributed by atoms with Crippen molar-refractivity contribution in [3.8, 4) is 5.75 Å². The number of benzene rings is 1. The lowest BCUT2D eigenvalue weighted by atomic mass is 10.1. The van der Waals surface area contributed by atoms with Gasteiger partial charge in [-0.2, -0.15) is 0 Å². The number of halogens is 2. The van der Waals surface area contributed by atoms with Crippen LogP contribution in [0.25, 0.3) is 0 Å². The van der Waals surface area contributed by atoms with Crippen LogP contribution in [0.3, 0.4) is 0 Å². The van der Waals surface area contributed by atoms with Crippen LogP contribution >= 0.6 is 23.4 Å². The maximum atomic E-state index is 13.9. The normalized spacial score (nSPS) is 11.0. The molecule has 0 fully saturated rings. The summed E-state index contributed by atoms with van der Waals surface area (Å²) in [5, 5.41) is 8.70. The summed E-state index contributed by atoms with van der Waals surface area (Å²) < 4.78 is 24.9. The van der Waals surface area contributed by atoms with Crippen LogP contribution in [0.4, 0.5) is 4.39 Å². The summed E-state index contributed by atoms with van der Waals surface area (Å²) in [7, 11) is 1.64. The van der Waals surface area contributed by atoms with Gasteiger partial charge in [0.2, 0.25) is 5.89 Å². The molecule has 0 atom stereocenters. The lowest BCUT2D eigenvalue weighted by Gasteiger charge is -2.11. The van der Waals surface area contributed by atoms with Crippen LogP contribution in [-0.4, -0.2) is 22.3 Å². The van der Waals surface area contributed by atoms with Gasteiger partial charge in [0, 0.05) is 33.7 Å². The Bertz CT molecular complexity index is 913. The number of methoxy groups -OCH3 is 1. The molecule has 0 amide bonds. The van der Waals surface area contributed by atoms with Gasteiger partial charge in [-0.1, -0.05) is 29.4 Å². The van der Waals surface area contributed by atoms with E-state index >= 15 is 0 Å². The van der Waals surface area contributed by atoms with Gasteiger partial charge in [0.25, 0.3) is 5.22 Å². The van der Waals surface area contributed by atoms with Crippen molar-refractivity contribution in [1.82, 2.24) is 15.2 Å². The molecule has 5 nitrogen and oxygen atoms in total. The largest absolute Gasteiger partial charge is 0.496 e. The first-order valence-electron chi connectivity index (χ1n) is 7.86. The molecule has 0 spiro atoms. The van der Waals surface area contributed by atoms with Crippen molar-refractivity contribution in [2.75, 3.05) is 7.11 Å². The summed E-state index contributed by atoms with van der Waals surface area (Å²) in [6.45, 7) is 3.92. The molecule has 8 heteroatoms. The average Bonchev–Trinajstić information content (AvgIpc) is 3.06. The molecule has 0 N–H and O–H groups in total. The second kappa shape index (κ2) is 8.05. The Morgan fingerprint density at radius 3 is 2.81 bits per heavy atom. The zero-order valence-electron chi connectivity index (χ0n) is 14.5. The maximum Gasteiger partial charge on any atom is 0.276 e. The Hall–Kier alpha value is -2.12. The van der Waals surface area contributed by atoms with Crippen molar-refractivity contribution in [2.45, 2.75) is 31.2 Å². The standard InChI is InChI=1S/C18H17ClFN3O2S/c1-10-8-21-15(11(2)17(10)24-3)9-26-18-23-22-16(25-18)7-12-13(19)5-4-6-14(12)20/h4-6,8H,7,9H2,1-3H3. The molecule has 0 radical (unpaired) electrons. The minimum absolute atomic E-state index is 0.148. The molecule has 2 heterocycles. The SMILES string of the molecule is COc1c(C)cnc(CSc2nnc(Cc3c(F)cccc3Cl)o2)c1C. The first-order chi connectivity index (χ1) is 12.5. The molecule has 0 aliphatic carbocycles. The number of rotatable bonds is 6. The molecule has 0 saturated carbocycles. The summed E-state index contributed by atoms with van der Waals surface area (Å²) in [5.74, 6) is 1.31. The Kier molecular flexibility index (Phi) is 5.78. The second-order valence-corrected chi connectivity index (χ2v) is 7.01. The van der Waals surface area contributed by atoms with Crippen molar-refractivity contribution < 1.29 is 13.5 Å². The summed E-state index contributed by atoms with van der Waals surface area (Å²) in [5.41, 5.74) is 3.20. The van der Waals surface area contributed by atoms with E-state index in [2.05, 4.69) is 15.2 Å². The van der Waals surface area contributed by atoms with E-state index in [0.717, 1.165) is 22.6 Å². The number of aromatic nitrogens is 3. The Morgan fingerprint density at radius 1 is 1.27 bits per heavy atom. The Balaban J connectivity index is 1.70. The van der Waals surface area contributed by atoms with Crippen LogP contribution < -0.4 is 4.74 Å². The van der Waals surface area contributed by atoms with Gasteiger partial charge < -0.3 is 9.15 Å². The van der Waals surface area contributed by atoms with Crippen LogP contribution in [0, 0.1) is 19.7 Å². The average molecular weight is 394 g/mol. The van der Waals surface area contributed by atoms with E-state index < -0.39 is 5.82 Å². The molecule has 3 rings (SSSR count). The molecule has 0 aliphatic heterocycles. The van der Waals surface area contributed by atoms with Gasteiger partial charge in [-0.15, -0.1) is 10.2 Å². The highest BCUT2D eigenvalue weighted by atomic mass is 35.5. The van der Waals surface area contributed by atoms with E-state index in [4.69, 9.17) is 20.8 Å². The third-order valence-electron chi connectivity index (χ3n) is 3.92. The fourth-order valence-corrected chi connectivity index (χ4v) is 3.60. The smallest absolute Gasteiger partial charge is 0.276 e. The highest BCUT2D eigenvalue weighted by molar-refractivity contribution is 7.98. The highest BCUT2D eigenvalue weighted by Crippen LogP contribution is 2.29. The molecule has 0 unspecified atom stereocenters. The predicted molar refractivity (Wildman–Crippen MR) is 98.3 cm³/mol. The van der Waals surface area contributed by atoms with Crippen molar-refractivity contribution in [3.63, 3.8) is 0 Å². The van der Waals surface area contributed by atoms with E-state index in [1.807, 2.05) is 13.8 Å². The quantitative estimate of drug-likeness (QED) is 0.562. The van der Waals surface area contributed by atoms with E-state index in [-0.39, 0.29) is 6.42 Å². The molecule has 2 aromatic heterocycles. The Morgan fingerprint density at radius 2 is 2.08 bits per heavy atom. The number of pyridine rings is 1. The molecule has 136 valence electrons. The summed E-state index contributed by atoms with van der Waals surface area (Å²) in [6.07, 6.45) is 1.93. The third kappa shape index (κ3) is 3.99. The lowest BCUT2D eigenvalue weighted by Crippen LogP contribution is -1.98. The molecule has 0 saturated heterocycles. The van der Waals surface area contributed by atoms with Crippen molar-refractivity contribution in [1.29, 1.82) is 0 Å². The van der Waals surface area contributed by atoms with Gasteiger partial charge in [-0.25, -0.2) is 4.39 Å². The predicted octanol–water partition coefficient (Wildman–Crippen LogP) is 4.77. The molecule has 1 aromatic carbocycles. The monoisotopic (exact) mass is 393 g/mol. The highest BCUT2D eigenvalue weighted by Gasteiger charge is 2.15. The summed E-state index contributed by atoms with van der Waals surface area (Å²) in [4.78, 5) is 4.44. The minimum atomic E-state index is -0.392. The van der Waals surface area contributed by atoms with Crippen LogP contribution in [0.1, 0.15) is 28.3 Å². The van der Waals surface area contributed by atoms with E-state index in [1.165, 1.54) is 17.8 Å². The van der Waals surface area contributed by atoms with Gasteiger partial charge in [-0.3, -0.25) is 4.98 Å². The number of aryl methyl sites for hydroxylation is 1. The first kappa shape index (κ1) is 18.7. The molecular formula is C18H17ClFN3O2S. The first-order valence-corrected chi connectivity index (χ1v) is 9.23. The zero-order chi connectivity index (χ0) is 18.7. The van der Waals surface area contributed by atoms with Crippen molar-refractivity contribution in [2.24, 2.45) is 0 Å². The molecule has 0 aliphatic rings. The van der Waals surface area contributed by atoms with Gasteiger partial charge in [-0.05, 0) is 26.0 Å². The van der Waals surface area contributed by atoms with Crippen LogP contribution in [0.5, 0.6) is 5.75 Å². The van der Waals surface area contributed by atoms with Gasteiger partial charge in [0.1, 0.15) is 11.6 Å². The van der Waals surface area contributed by atoms with Gasteiger partial charge in [0.15, 0.2) is 0 Å². The number of hydrogen-bond acceptors (Lipinski definition) is 6. The summed E-state index contributed by atoms with van der Waals surface area (Å²) in [6, 6.07) is 4.54. The van der Waals surface area contributed by atoms with Crippen molar-refractivity contribution >= 4 is 23.4 Å². The van der Waals surface area contributed by atoms with Gasteiger partial charge >= 0.3 is 0 Å². The lowest BCUT2D eigenvalue weighted by molar-refractivity contribution is 0.407. The molecule has 0 bridgehead atoms. The molecule has 3 aromatic rings. The number of hydrogen-bond donors (Lipinski definition) is 0. The van der Waals surface area contributed by atoms with Crippen LogP contribution in [-0.2, 0) is 12.2 Å². The fourth-order valence-electron chi connectivity index (χ4n) is 2.57. The van der Waals surface area contributed by atoms with E-state index in [0.29, 0.717) is 27.5 Å². The topological polar surface area (TPSA) is 61.0 Å². The molecular weight excluding hydrogens is 377 g/mol.